The van der Waals surface area contributed by atoms with Gasteiger partial charge in [0.15, 0.2) is 5.79 Å². The average Bonchev–Trinajstić information content (AvgIpc) is 3.24. The van der Waals surface area contributed by atoms with E-state index < -0.39 is 29.3 Å². The summed E-state index contributed by atoms with van der Waals surface area (Å²) in [5.41, 5.74) is -0.574. The molecule has 4 N–H and O–H groups in total. The van der Waals surface area contributed by atoms with E-state index in [-0.39, 0.29) is 36.4 Å². The smallest absolute Gasteiger partial charge is 0.315 e. The molecule has 1 saturated heterocycles. The van der Waals surface area contributed by atoms with E-state index in [1.54, 1.807) is 13.8 Å². The van der Waals surface area contributed by atoms with E-state index in [9.17, 15) is 19.5 Å². The van der Waals surface area contributed by atoms with Crippen molar-refractivity contribution in [2.75, 3.05) is 6.61 Å². The van der Waals surface area contributed by atoms with Gasteiger partial charge in [0, 0.05) is 29.5 Å². The summed E-state index contributed by atoms with van der Waals surface area (Å²) in [5, 5.41) is 19.6. The standard InChI is InChI=1S/C38H71N3O6/c1-7-9-11-13-14-15-17-20-24-29(23-19-16-12-10-8-2)39-36(45)41-31-26-22-18-21-25-30(31)32(27-33(42)43)40-35(44)34-37(3,4)28-46-38(5,6)47-34/h29-32,34H,7-28H2,1-6H3,(H,40,44)(H,42,43)(H2,39,41,45). The normalized spacial score (nSPS) is 23.7. The molecular weight excluding hydrogens is 594 g/mol. The zero-order chi connectivity index (χ0) is 34.7. The summed E-state index contributed by atoms with van der Waals surface area (Å²) in [6.07, 6.45) is 21.5. The minimum atomic E-state index is -0.969. The number of carboxylic acids is 1. The fourth-order valence-corrected chi connectivity index (χ4v) is 7.28. The molecule has 1 aliphatic carbocycles. The lowest BCUT2D eigenvalue weighted by Crippen LogP contribution is -2.60. The zero-order valence-corrected chi connectivity index (χ0v) is 30.9. The van der Waals surface area contributed by atoms with Gasteiger partial charge >= 0.3 is 12.0 Å². The van der Waals surface area contributed by atoms with Crippen LogP contribution in [-0.4, -0.2) is 59.6 Å². The number of aliphatic carboxylic acids is 1. The van der Waals surface area contributed by atoms with Crippen LogP contribution in [0.25, 0.3) is 0 Å². The number of hydrogen-bond donors (Lipinski definition) is 4. The Balaban J connectivity index is 2.07. The van der Waals surface area contributed by atoms with E-state index in [4.69, 9.17) is 9.47 Å². The van der Waals surface area contributed by atoms with Crippen LogP contribution >= 0.6 is 0 Å². The van der Waals surface area contributed by atoms with Crippen molar-refractivity contribution in [2.24, 2.45) is 11.3 Å². The van der Waals surface area contributed by atoms with E-state index in [0.717, 1.165) is 57.8 Å². The van der Waals surface area contributed by atoms with Gasteiger partial charge in [-0.25, -0.2) is 4.79 Å². The lowest BCUT2D eigenvalue weighted by atomic mass is 9.83. The molecule has 0 aromatic carbocycles. The number of carbonyl (C=O) groups is 3. The number of carbonyl (C=O) groups excluding carboxylic acids is 2. The molecule has 2 aliphatic rings. The van der Waals surface area contributed by atoms with Gasteiger partial charge in [-0.1, -0.05) is 130 Å². The minimum absolute atomic E-state index is 0.131. The molecule has 5 atom stereocenters. The van der Waals surface area contributed by atoms with Crippen LogP contribution in [0.1, 0.15) is 176 Å². The van der Waals surface area contributed by atoms with Crippen molar-refractivity contribution >= 4 is 17.9 Å². The maximum atomic E-state index is 13.7. The van der Waals surface area contributed by atoms with Gasteiger partial charge in [-0.2, -0.15) is 0 Å². The molecule has 1 aliphatic heterocycles. The van der Waals surface area contributed by atoms with Gasteiger partial charge < -0.3 is 30.5 Å². The highest BCUT2D eigenvalue weighted by Crippen LogP contribution is 2.36. The van der Waals surface area contributed by atoms with Crippen LogP contribution in [0.3, 0.4) is 0 Å². The van der Waals surface area contributed by atoms with Crippen molar-refractivity contribution < 1.29 is 29.0 Å². The minimum Gasteiger partial charge on any atom is -0.481 e. The zero-order valence-electron chi connectivity index (χ0n) is 30.9. The Hall–Kier alpha value is -1.87. The SMILES string of the molecule is CCCCCCCCCCC(CCCCCCC)NC(=O)NC1CCCCCC1C(CC(=O)O)NC(=O)C1OC(C)(C)OCC1(C)C. The van der Waals surface area contributed by atoms with Crippen LogP contribution < -0.4 is 16.0 Å². The Kier molecular flexibility index (Phi) is 19.3. The largest absolute Gasteiger partial charge is 0.481 e. The average molecular weight is 666 g/mol. The Morgan fingerprint density at radius 3 is 1.89 bits per heavy atom. The summed E-state index contributed by atoms with van der Waals surface area (Å²) in [6, 6.07) is -0.890. The lowest BCUT2D eigenvalue weighted by molar-refractivity contribution is -0.304. The number of ether oxygens (including phenoxy) is 2. The molecule has 5 unspecified atom stereocenters. The third-order valence-electron chi connectivity index (χ3n) is 10.2. The van der Waals surface area contributed by atoms with Crippen molar-refractivity contribution in [2.45, 2.75) is 206 Å². The second kappa shape index (κ2) is 22.0. The Morgan fingerprint density at radius 2 is 1.32 bits per heavy atom. The first-order valence-electron chi connectivity index (χ1n) is 19.3. The molecule has 9 nitrogen and oxygen atoms in total. The van der Waals surface area contributed by atoms with Gasteiger partial charge in [-0.15, -0.1) is 0 Å². The molecule has 3 amide bonds. The van der Waals surface area contributed by atoms with Gasteiger partial charge in [0.2, 0.25) is 5.91 Å². The van der Waals surface area contributed by atoms with Crippen molar-refractivity contribution in [1.82, 2.24) is 16.0 Å². The third-order valence-corrected chi connectivity index (χ3v) is 10.2. The molecule has 0 radical (unpaired) electrons. The van der Waals surface area contributed by atoms with E-state index >= 15 is 0 Å². The highest BCUT2D eigenvalue weighted by molar-refractivity contribution is 5.83. The van der Waals surface area contributed by atoms with Crippen LogP contribution in [0.2, 0.25) is 0 Å². The molecule has 0 spiro atoms. The summed E-state index contributed by atoms with van der Waals surface area (Å²) in [5.74, 6) is -2.40. The molecule has 0 aromatic heterocycles. The quantitative estimate of drug-likeness (QED) is 0.0678. The first-order valence-corrected chi connectivity index (χ1v) is 19.3. The predicted octanol–water partition coefficient (Wildman–Crippen LogP) is 8.63. The van der Waals surface area contributed by atoms with Crippen LogP contribution in [0.4, 0.5) is 4.79 Å². The third kappa shape index (κ3) is 16.4. The topological polar surface area (TPSA) is 126 Å². The van der Waals surface area contributed by atoms with E-state index in [1.165, 1.54) is 70.6 Å². The highest BCUT2D eigenvalue weighted by Gasteiger charge is 2.47. The summed E-state index contributed by atoms with van der Waals surface area (Å²) in [6.45, 7) is 12.2. The first-order chi connectivity index (χ1) is 22.4. The summed E-state index contributed by atoms with van der Waals surface area (Å²) >= 11 is 0. The number of amides is 3. The maximum Gasteiger partial charge on any atom is 0.315 e. The summed E-state index contributed by atoms with van der Waals surface area (Å²) in [7, 11) is 0. The second-order valence-corrected chi connectivity index (χ2v) is 15.6. The fraction of sp³-hybridized carbons (Fsp3) is 0.921. The Bertz CT molecular complexity index is 910. The predicted molar refractivity (Wildman–Crippen MR) is 189 cm³/mol. The van der Waals surface area contributed by atoms with Gasteiger partial charge in [0.25, 0.3) is 0 Å². The van der Waals surface area contributed by atoms with Gasteiger partial charge in [-0.05, 0) is 39.5 Å². The van der Waals surface area contributed by atoms with Crippen molar-refractivity contribution in [3.8, 4) is 0 Å². The molecule has 0 aromatic rings. The molecule has 274 valence electrons. The van der Waals surface area contributed by atoms with E-state index in [2.05, 4.69) is 29.8 Å². The van der Waals surface area contributed by atoms with Crippen molar-refractivity contribution in [3.63, 3.8) is 0 Å². The molecule has 0 bridgehead atoms. The first kappa shape index (κ1) is 41.3. The molecule has 2 fully saturated rings. The molecule has 47 heavy (non-hydrogen) atoms. The number of unbranched alkanes of at least 4 members (excludes halogenated alkanes) is 11. The van der Waals surface area contributed by atoms with E-state index in [1.807, 2.05) is 13.8 Å². The molecule has 2 rings (SSSR count). The highest BCUT2D eigenvalue weighted by atomic mass is 16.7. The lowest BCUT2D eigenvalue weighted by Gasteiger charge is -2.45. The van der Waals surface area contributed by atoms with Gasteiger partial charge in [-0.3, -0.25) is 9.59 Å². The van der Waals surface area contributed by atoms with Crippen LogP contribution in [0.15, 0.2) is 0 Å². The number of nitrogens with one attached hydrogen (secondary N) is 3. The van der Waals surface area contributed by atoms with Crippen LogP contribution in [0, 0.1) is 11.3 Å². The van der Waals surface area contributed by atoms with Gasteiger partial charge in [0.1, 0.15) is 6.10 Å². The van der Waals surface area contributed by atoms with Crippen molar-refractivity contribution in [1.29, 1.82) is 0 Å². The molecule has 1 saturated carbocycles. The van der Waals surface area contributed by atoms with E-state index in [0.29, 0.717) is 6.61 Å². The summed E-state index contributed by atoms with van der Waals surface area (Å²) in [4.78, 5) is 39.3. The molecule has 9 heteroatoms. The monoisotopic (exact) mass is 666 g/mol. The Labute approximate surface area is 286 Å². The molecular formula is C38H71N3O6. The fourth-order valence-electron chi connectivity index (χ4n) is 7.28. The second-order valence-electron chi connectivity index (χ2n) is 15.6. The number of hydrogen-bond acceptors (Lipinski definition) is 5. The van der Waals surface area contributed by atoms with Crippen LogP contribution in [0.5, 0.6) is 0 Å². The Morgan fingerprint density at radius 1 is 0.766 bits per heavy atom. The van der Waals surface area contributed by atoms with Crippen LogP contribution in [-0.2, 0) is 19.1 Å². The number of urea groups is 1. The molecule has 1 heterocycles. The van der Waals surface area contributed by atoms with Gasteiger partial charge in [0.05, 0.1) is 13.0 Å². The number of carboxylic acid groups (broad SMARTS) is 1. The maximum absolute atomic E-state index is 13.7. The summed E-state index contributed by atoms with van der Waals surface area (Å²) < 4.78 is 11.9. The number of rotatable bonds is 22. The van der Waals surface area contributed by atoms with Crippen molar-refractivity contribution in [3.05, 3.63) is 0 Å².